The quantitative estimate of drug-likeness (QED) is 0.128. The first-order chi connectivity index (χ1) is 46.6. The van der Waals surface area contributed by atoms with Gasteiger partial charge in [-0.1, -0.05) is 56.9 Å². The third kappa shape index (κ3) is 13.8. The van der Waals surface area contributed by atoms with Crippen molar-refractivity contribution in [3.05, 3.63) is 94.3 Å². The van der Waals surface area contributed by atoms with Crippen LogP contribution in [0.2, 0.25) is 0 Å². The first-order valence-electron chi connectivity index (χ1n) is 35.4. The first kappa shape index (κ1) is 69.7. The van der Waals surface area contributed by atoms with Crippen LogP contribution < -0.4 is 19.5 Å². The Labute approximate surface area is 574 Å². The number of aryl methyl sites for hydroxylation is 4. The zero-order valence-electron chi connectivity index (χ0n) is 57.8. The van der Waals surface area contributed by atoms with E-state index in [9.17, 15) is 52.5 Å². The Morgan fingerprint density at radius 2 is 1.29 bits per heavy atom. The fourth-order valence-electron chi connectivity index (χ4n) is 16.1. The monoisotopic (exact) mass is 1360 g/mol. The zero-order valence-corrected chi connectivity index (χ0v) is 58.6. The summed E-state index contributed by atoms with van der Waals surface area (Å²) in [5, 5.41) is 23.7. The predicted octanol–water partition coefficient (Wildman–Crippen LogP) is 10.6. The van der Waals surface area contributed by atoms with Crippen LogP contribution in [0.25, 0.3) is 21.8 Å². The largest absolute Gasteiger partial charge is 0.483 e. The van der Waals surface area contributed by atoms with Crippen LogP contribution in [0.1, 0.15) is 204 Å². The summed E-state index contributed by atoms with van der Waals surface area (Å²) in [5.41, 5.74) is 1.13. The molecule has 22 heteroatoms. The van der Waals surface area contributed by atoms with Crippen LogP contribution in [-0.2, 0) is 65.9 Å². The van der Waals surface area contributed by atoms with Gasteiger partial charge >= 0.3 is 11.9 Å². The van der Waals surface area contributed by atoms with Crippen molar-refractivity contribution >= 4 is 73.2 Å². The zero-order chi connectivity index (χ0) is 69.9. The maximum absolute atomic E-state index is 14.8. The highest BCUT2D eigenvalue weighted by atomic mass is 32.2. The van der Waals surface area contributed by atoms with E-state index in [4.69, 9.17) is 28.9 Å². The van der Waals surface area contributed by atoms with Crippen molar-refractivity contribution in [2.75, 3.05) is 19.7 Å². The molecule has 2 N–H and O–H groups in total. The van der Waals surface area contributed by atoms with E-state index in [0.717, 1.165) is 83.6 Å². The first-order valence-corrected chi connectivity index (χ1v) is 36.9. The second-order valence-electron chi connectivity index (χ2n) is 30.6. The Balaban J connectivity index is 0.000000192. The third-order valence-electron chi connectivity index (χ3n) is 22.2. The van der Waals surface area contributed by atoms with E-state index < -0.39 is 84.2 Å². The summed E-state index contributed by atoms with van der Waals surface area (Å²) in [5.74, 6) is -2.81. The highest BCUT2D eigenvalue weighted by Gasteiger charge is 2.65. The number of carbonyl (C=O) groups excluding carboxylic acids is 7. The number of allylic oxidation sites excluding steroid dienone is 3. The third-order valence-corrected chi connectivity index (χ3v) is 24.4. The van der Waals surface area contributed by atoms with Crippen molar-refractivity contribution in [1.82, 2.24) is 29.8 Å². The van der Waals surface area contributed by atoms with Crippen LogP contribution in [0.15, 0.2) is 60.7 Å². The number of ketones is 1. The summed E-state index contributed by atoms with van der Waals surface area (Å²) in [6, 6.07) is 13.5. The molecule has 10 atom stereocenters. The van der Waals surface area contributed by atoms with E-state index >= 15 is 0 Å². The molecule has 0 bridgehead atoms. The maximum Gasteiger partial charge on any atom is 0.313 e. The van der Waals surface area contributed by atoms with Gasteiger partial charge in [0.15, 0.2) is 5.78 Å². The number of hydrogen-bond acceptors (Lipinski definition) is 17. The van der Waals surface area contributed by atoms with Crippen molar-refractivity contribution < 1.29 is 60.9 Å². The number of sulfonamides is 1. The second kappa shape index (κ2) is 26.8. The van der Waals surface area contributed by atoms with Crippen molar-refractivity contribution in [3.8, 4) is 23.6 Å². The molecule has 98 heavy (non-hydrogen) atoms. The lowest BCUT2D eigenvalue weighted by Crippen LogP contribution is -2.57. The topological polar surface area (TPSA) is 294 Å². The van der Waals surface area contributed by atoms with Gasteiger partial charge in [0.1, 0.15) is 39.9 Å². The Morgan fingerprint density at radius 3 is 1.84 bits per heavy atom. The van der Waals surface area contributed by atoms with E-state index in [1.54, 1.807) is 57.7 Å². The van der Waals surface area contributed by atoms with Crippen LogP contribution in [0.3, 0.4) is 0 Å². The molecule has 0 radical (unpaired) electrons. The molecule has 13 rings (SSSR count). The lowest BCUT2D eigenvalue weighted by atomic mass is 9.85. The minimum absolute atomic E-state index is 0.0119. The molecule has 4 amide bonds. The summed E-state index contributed by atoms with van der Waals surface area (Å²) < 4.78 is 52.5. The minimum atomic E-state index is -3.99. The molecule has 21 nitrogen and oxygen atoms in total. The number of ether oxygens (including phenoxy) is 4. The summed E-state index contributed by atoms with van der Waals surface area (Å²) in [4.78, 5) is 111. The predicted molar refractivity (Wildman–Crippen MR) is 364 cm³/mol. The number of benzene rings is 2. The molecule has 8 heterocycles. The lowest BCUT2D eigenvalue weighted by Gasteiger charge is -2.36. The van der Waals surface area contributed by atoms with Gasteiger partial charge < -0.3 is 34.1 Å². The smallest absolute Gasteiger partial charge is 0.313 e. The fraction of sp³-hybridized carbons (Fsp3) is 0.592. The van der Waals surface area contributed by atoms with Crippen molar-refractivity contribution in [2.24, 2.45) is 29.1 Å². The molecule has 520 valence electrons. The number of nitriles is 2. The highest BCUT2D eigenvalue weighted by Crippen LogP contribution is 2.58. The number of hydrogen-bond donors (Lipinski definition) is 2. The molecular formula is C76H92N8O13S. The number of fused-ring (bicyclic) bond motifs is 10. The normalized spacial score (nSPS) is 30.5. The second-order valence-corrected chi connectivity index (χ2v) is 32.8. The van der Waals surface area contributed by atoms with Crippen molar-refractivity contribution in [3.63, 3.8) is 0 Å². The van der Waals surface area contributed by atoms with Gasteiger partial charge in [0.05, 0.1) is 88.0 Å². The van der Waals surface area contributed by atoms with Crippen LogP contribution in [-0.4, -0.2) is 128 Å². The number of Topliss-reactive ketones (excluding diaryl/α,β-unsaturated/α-hetero) is 1. The molecule has 6 aliphatic heterocycles. The molecule has 5 fully saturated rings. The number of carbonyl (C=O) groups is 7. The van der Waals surface area contributed by atoms with E-state index in [2.05, 4.69) is 34.3 Å². The van der Waals surface area contributed by atoms with E-state index in [-0.39, 0.29) is 74.2 Å². The molecule has 2 spiro atoms. The van der Waals surface area contributed by atoms with Gasteiger partial charge in [-0.25, -0.2) is 18.4 Å². The number of aromatic nitrogens is 2. The van der Waals surface area contributed by atoms with Crippen LogP contribution in [0.4, 0.5) is 0 Å². The highest BCUT2D eigenvalue weighted by molar-refractivity contribution is 7.91. The summed E-state index contributed by atoms with van der Waals surface area (Å²) in [6.07, 6.45) is 20.7. The molecule has 2 aromatic heterocycles. The molecule has 3 aliphatic carbocycles. The number of amides is 4. The van der Waals surface area contributed by atoms with Crippen LogP contribution >= 0.6 is 0 Å². The molecular weight excluding hydrogens is 1260 g/mol. The van der Waals surface area contributed by atoms with Gasteiger partial charge in [0.2, 0.25) is 27.7 Å². The van der Waals surface area contributed by atoms with Gasteiger partial charge in [0, 0.05) is 58.9 Å². The summed E-state index contributed by atoms with van der Waals surface area (Å²) >= 11 is 0. The maximum atomic E-state index is 14.8. The van der Waals surface area contributed by atoms with E-state index in [1.165, 1.54) is 4.90 Å². The SMILES string of the molecule is CCOC(=O)[C@]12CC(=O)[C@@H]3C[C@]4(CCc5c(c(C)nc6ccc(C#N)cc56)O4)CN3C(=O)[C@@H](C)CCCCC/C=C\[C@@H]1C2.Cc1nc2ccc(C#N)cc2c2c1O[C@]1(CC2)C[C@H]2C(=O)N[C@]3(C(=O)NS(=O)(=O)C4(C)CC4)C[C@H]3/C=C\CCCCC[C@H](CC(=O)OC(C)(C)C)C(=O)N2C1. The Hall–Kier alpha value is -8.24. The van der Waals surface area contributed by atoms with E-state index in [0.29, 0.717) is 105 Å². The van der Waals surface area contributed by atoms with Crippen molar-refractivity contribution in [2.45, 2.75) is 236 Å². The molecule has 9 aliphatic rings. The van der Waals surface area contributed by atoms with Crippen LogP contribution in [0, 0.1) is 65.6 Å². The minimum Gasteiger partial charge on any atom is -0.483 e. The average molecular weight is 1360 g/mol. The Kier molecular flexibility index (Phi) is 19.0. The standard InChI is InChI=1S/C41H51N5O8S.C35H41N3O5/c1-25-34-29(30-19-26(23-42)13-14-31(30)43-25)15-16-40(54-34)22-32-35(48)44-41(37(50)45-55(51,52)39(5)17-18-39)21-28(41)12-10-8-6-7-9-11-27(36(49)46(32)24-40)20-33(47)53-38(2,3)4;1-4-42-33(41)35-17-25(35)11-9-7-5-6-8-10-22(2)32(40)38-21-34(18-29(38)30(39)19-35)15-14-26-27-16-24(20-36)12-13-28(27)37-23(3)31(26)43-34/h10,12-14,19,27-28,32H,6-9,11,15-18,20-22,24H2,1-5H3,(H,44,48)(H,45,50);9,11-13,16,22,25,29H,4-8,10,14-15,17-19,21H2,1-3H3/b12-10-;11-9-/t27-,28-,32+,40-,41-;22-,25+,29-,34+,35+/m10/s1. The number of rotatable bonds is 7. The fourth-order valence-corrected chi connectivity index (χ4v) is 17.4. The molecule has 2 saturated heterocycles. The Bertz CT molecular complexity index is 4200. The van der Waals surface area contributed by atoms with E-state index in [1.807, 2.05) is 51.1 Å². The lowest BCUT2D eigenvalue weighted by molar-refractivity contribution is -0.159. The van der Waals surface area contributed by atoms with Crippen molar-refractivity contribution in [1.29, 1.82) is 10.5 Å². The number of esters is 2. The Morgan fingerprint density at radius 1 is 0.735 bits per heavy atom. The average Bonchev–Trinajstić information content (AvgIpc) is 1.76. The summed E-state index contributed by atoms with van der Waals surface area (Å²) in [7, 11) is -3.99. The molecule has 0 unspecified atom stereocenters. The van der Waals surface area contributed by atoms with Crippen LogP contribution in [0.5, 0.6) is 11.5 Å². The summed E-state index contributed by atoms with van der Waals surface area (Å²) in [6.45, 7) is 15.1. The number of nitrogens with one attached hydrogen (secondary N) is 2. The molecule has 2 aromatic carbocycles. The van der Waals surface area contributed by atoms with Gasteiger partial charge in [-0.15, -0.1) is 0 Å². The van der Waals surface area contributed by atoms with Gasteiger partial charge in [-0.05, 0) is 181 Å². The number of pyridine rings is 2. The van der Waals surface area contributed by atoms with Gasteiger partial charge in [-0.3, -0.25) is 38.3 Å². The molecule has 4 aromatic rings. The number of nitrogens with zero attached hydrogens (tertiary/aromatic N) is 6. The van der Waals surface area contributed by atoms with Gasteiger partial charge in [0.25, 0.3) is 5.91 Å². The molecule has 3 saturated carbocycles. The van der Waals surface area contributed by atoms with Gasteiger partial charge in [-0.2, -0.15) is 10.5 Å².